The third-order valence-electron chi connectivity index (χ3n) is 15.6. The highest BCUT2D eigenvalue weighted by atomic mass is 17.0. The van der Waals surface area contributed by atoms with Gasteiger partial charge in [0.15, 0.2) is 23.1 Å². The molecule has 0 saturated heterocycles. The normalized spacial score (nSPS) is 13.4. The molecule has 0 radical (unpaired) electrons. The van der Waals surface area contributed by atoms with E-state index in [2.05, 4.69) is 0 Å². The van der Waals surface area contributed by atoms with Crippen molar-refractivity contribution in [1.82, 2.24) is 0 Å². The van der Waals surface area contributed by atoms with Gasteiger partial charge in [0, 0.05) is 25.7 Å². The van der Waals surface area contributed by atoms with Crippen molar-refractivity contribution in [2.24, 2.45) is 0 Å². The minimum Gasteiger partial charge on any atom is -0.507 e. The minimum absolute atomic E-state index is 0.00990. The van der Waals surface area contributed by atoms with Gasteiger partial charge in [0.2, 0.25) is 0 Å². The molecule has 4 aromatic rings. The van der Waals surface area contributed by atoms with Crippen LogP contribution in [-0.4, -0.2) is 76.1 Å². The molecular formula is C73H108O12. The van der Waals surface area contributed by atoms with Gasteiger partial charge < -0.3 is 20.4 Å². The fourth-order valence-electron chi connectivity index (χ4n) is 10.3. The molecule has 0 aliphatic heterocycles. The molecule has 12 nitrogen and oxygen atoms in total. The zero-order chi connectivity index (χ0) is 65.0. The Balaban J connectivity index is 1.76. The Morgan fingerprint density at radius 2 is 0.400 bits per heavy atom. The van der Waals surface area contributed by atoms with E-state index in [-0.39, 0.29) is 48.7 Å². The molecular weight excluding hydrogens is 1070 g/mol. The number of carbonyl (C=O) groups is 4. The van der Waals surface area contributed by atoms with E-state index in [4.69, 9.17) is 18.9 Å². The van der Waals surface area contributed by atoms with Gasteiger partial charge in [-0.15, -0.1) is 0 Å². The van der Waals surface area contributed by atoms with Gasteiger partial charge in [-0.25, -0.2) is 0 Å². The summed E-state index contributed by atoms with van der Waals surface area (Å²) in [7, 11) is 0. The zero-order valence-electron chi connectivity index (χ0n) is 56.7. The van der Waals surface area contributed by atoms with E-state index >= 15 is 0 Å². The zero-order valence-corrected chi connectivity index (χ0v) is 56.7. The van der Waals surface area contributed by atoms with Crippen LogP contribution >= 0.6 is 0 Å². The summed E-state index contributed by atoms with van der Waals surface area (Å²) >= 11 is 0. The first-order valence-electron chi connectivity index (χ1n) is 30.5. The highest BCUT2D eigenvalue weighted by Crippen LogP contribution is 2.44. The number of benzene rings is 4. The van der Waals surface area contributed by atoms with E-state index in [9.17, 15) is 39.6 Å². The lowest BCUT2D eigenvalue weighted by molar-refractivity contribution is -0.489. The Kier molecular flexibility index (Phi) is 22.8. The molecule has 0 heterocycles. The first kappa shape index (κ1) is 72.1. The molecule has 0 spiro atoms. The maximum absolute atomic E-state index is 14.2. The number of aryl methyl sites for hydroxylation is 4. The third-order valence-corrected chi connectivity index (χ3v) is 15.6. The molecule has 4 rings (SSSR count). The summed E-state index contributed by atoms with van der Waals surface area (Å²) in [6.07, 6.45) is -1.56. The molecule has 0 saturated carbocycles. The Morgan fingerprint density at radius 3 is 0.518 bits per heavy atom. The summed E-state index contributed by atoms with van der Waals surface area (Å²) in [5.41, 5.74) is 6.21. The summed E-state index contributed by atoms with van der Waals surface area (Å²) in [6.45, 7) is 45.9. The van der Waals surface area contributed by atoms with Crippen LogP contribution in [0.5, 0.6) is 23.0 Å². The van der Waals surface area contributed by atoms with Gasteiger partial charge in [0.1, 0.15) is 49.4 Å². The monoisotopic (exact) mass is 1180 g/mol. The average Bonchev–Trinajstić information content (AvgIpc) is 1.83. The van der Waals surface area contributed by atoms with Crippen LogP contribution in [-0.2, 0) is 107 Å². The van der Waals surface area contributed by atoms with Crippen LogP contribution in [0.4, 0.5) is 0 Å². The lowest BCUT2D eigenvalue weighted by Crippen LogP contribution is -2.46. The molecule has 85 heavy (non-hydrogen) atoms. The number of phenolic OH excluding ortho intramolecular Hbond substituents is 4. The van der Waals surface area contributed by atoms with Crippen molar-refractivity contribution >= 4 is 23.1 Å². The number of phenols is 4. The molecule has 0 amide bonds. The smallest absolute Gasteiger partial charge is 0.414 e. The minimum atomic E-state index is -2.69. The molecule has 4 N–H and O–H groups in total. The Morgan fingerprint density at radius 1 is 0.271 bits per heavy atom. The van der Waals surface area contributed by atoms with Crippen molar-refractivity contribution in [3.8, 4) is 23.0 Å². The highest BCUT2D eigenvalue weighted by Gasteiger charge is 2.40. The second-order valence-electron chi connectivity index (χ2n) is 32.0. The lowest BCUT2D eigenvalue weighted by atomic mass is 9.78. The second-order valence-corrected chi connectivity index (χ2v) is 32.0. The molecule has 0 unspecified atom stereocenters. The van der Waals surface area contributed by atoms with Crippen LogP contribution < -0.4 is 0 Å². The molecule has 472 valence electrons. The first-order valence-corrected chi connectivity index (χ1v) is 30.5. The summed E-state index contributed by atoms with van der Waals surface area (Å²) in [5, 5.41) is 45.7. The van der Waals surface area contributed by atoms with Gasteiger partial charge in [0.05, 0.1) is 0 Å². The molecule has 0 atom stereocenters. The Bertz CT molecular complexity index is 2470. The molecule has 0 fully saturated rings. The largest absolute Gasteiger partial charge is 0.507 e. The van der Waals surface area contributed by atoms with Crippen LogP contribution in [0.2, 0.25) is 0 Å². The summed E-state index contributed by atoms with van der Waals surface area (Å²) < 4.78 is 25.0. The molecule has 12 heteroatoms. The number of ketones is 4. The van der Waals surface area contributed by atoms with Crippen molar-refractivity contribution in [3.05, 3.63) is 115 Å². The Hall–Kier alpha value is -5.40. The summed E-state index contributed by atoms with van der Waals surface area (Å²) in [4.78, 5) is 56.6. The highest BCUT2D eigenvalue weighted by molar-refractivity contribution is 5.82. The van der Waals surface area contributed by atoms with Gasteiger partial charge in [-0.05, 0) is 136 Å². The number of hydrogen-bond donors (Lipinski definition) is 4. The Labute approximate surface area is 511 Å². The van der Waals surface area contributed by atoms with Gasteiger partial charge in [-0.2, -0.15) is 0 Å². The van der Waals surface area contributed by atoms with Crippen LogP contribution in [0.3, 0.4) is 0 Å². The van der Waals surface area contributed by atoms with Crippen molar-refractivity contribution in [2.75, 3.05) is 26.4 Å². The fourth-order valence-corrected chi connectivity index (χ4v) is 10.3. The molecule has 0 aliphatic rings. The van der Waals surface area contributed by atoms with Crippen LogP contribution in [0.15, 0.2) is 48.5 Å². The van der Waals surface area contributed by atoms with E-state index in [1.807, 2.05) is 215 Å². The van der Waals surface area contributed by atoms with Crippen molar-refractivity contribution in [3.63, 3.8) is 0 Å². The standard InChI is InChI=1S/C73H108O12/c1-65(2,3)53-33-45(34-54(61(53)78)66(4,5)6)25-29-49(74)41-82-73(83-42-50(75)30-26-46-35-55(67(7,8)9)62(79)56(36-46)68(10,11)12,84-43-51(76)31-27-47-37-57(69(13,14)15)63(80)58(38-47)70(16,17)18)85-44-52(77)32-28-48-39-59(71(19,20)21)64(81)60(40-48)72(22,23)24/h33-40,78-81H,25-32,41-44H2,1-24H3. The lowest BCUT2D eigenvalue weighted by Gasteiger charge is -2.31. The van der Waals surface area contributed by atoms with Crippen LogP contribution in [0.1, 0.15) is 259 Å². The van der Waals surface area contributed by atoms with Crippen molar-refractivity contribution < 1.29 is 58.6 Å². The summed E-state index contributed by atoms with van der Waals surface area (Å²) in [6, 6.07) is 15.4. The predicted octanol–water partition coefficient (Wildman–Crippen LogP) is 15.7. The predicted molar refractivity (Wildman–Crippen MR) is 342 cm³/mol. The number of Topliss-reactive ketones (excluding diaryl/α,β-unsaturated/α-hetero) is 4. The van der Waals surface area contributed by atoms with Crippen molar-refractivity contribution in [1.29, 1.82) is 0 Å². The number of ether oxygens (including phenoxy) is 4. The van der Waals surface area contributed by atoms with E-state index < -0.39 is 99.0 Å². The van der Waals surface area contributed by atoms with Crippen LogP contribution in [0.25, 0.3) is 0 Å². The van der Waals surface area contributed by atoms with Gasteiger partial charge in [-0.3, -0.25) is 38.1 Å². The topological polar surface area (TPSA) is 186 Å². The number of carbonyl (C=O) groups excluding carboxylic acids is 4. The molecule has 0 aliphatic carbocycles. The molecule has 4 aromatic carbocycles. The SMILES string of the molecule is CC(C)(C)c1cc(CCC(=O)COC(OCC(=O)CCc2cc(C(C)(C)C)c(O)c(C(C)(C)C)c2)(OCC(=O)CCc2cc(C(C)(C)C)c(O)c(C(C)(C)C)c2)OCC(=O)CCc2cc(C(C)(C)C)c(O)c(C(C)(C)C)c2)cc(C(C)(C)C)c1O. The first-order chi connectivity index (χ1) is 38.4. The fraction of sp³-hybridized carbons (Fsp3) is 0.616. The third kappa shape index (κ3) is 20.3. The number of aromatic hydroxyl groups is 4. The molecule has 0 bridgehead atoms. The summed E-state index contributed by atoms with van der Waals surface area (Å²) in [5.74, 6) is -0.677. The second kappa shape index (κ2) is 26.9. The maximum atomic E-state index is 14.2. The van der Waals surface area contributed by atoms with Gasteiger partial charge in [-0.1, -0.05) is 215 Å². The van der Waals surface area contributed by atoms with Gasteiger partial charge in [0.25, 0.3) is 0 Å². The quantitative estimate of drug-likeness (QED) is 0.0487. The van der Waals surface area contributed by atoms with E-state index in [1.54, 1.807) is 0 Å². The van der Waals surface area contributed by atoms with E-state index in [0.29, 0.717) is 25.7 Å². The maximum Gasteiger partial charge on any atom is 0.414 e. The number of rotatable bonds is 24. The van der Waals surface area contributed by atoms with E-state index in [0.717, 1.165) is 66.8 Å². The van der Waals surface area contributed by atoms with E-state index in [1.165, 1.54) is 0 Å². The van der Waals surface area contributed by atoms with Crippen molar-refractivity contribution in [2.45, 2.75) is 267 Å². The van der Waals surface area contributed by atoms with Crippen LogP contribution in [0, 0.1) is 0 Å². The number of hydrogen-bond acceptors (Lipinski definition) is 12. The molecule has 0 aromatic heterocycles. The average molecular weight is 1180 g/mol. The van der Waals surface area contributed by atoms with Gasteiger partial charge >= 0.3 is 6.16 Å².